The number of hydrogen-bond donors (Lipinski definition) is 2. The Morgan fingerprint density at radius 2 is 1.63 bits per heavy atom. The Morgan fingerprint density at radius 3 is 2.15 bits per heavy atom. The van der Waals surface area contributed by atoms with Gasteiger partial charge in [-0.1, -0.05) is 65.1 Å². The molecule has 3 N–H and O–H groups in total. The van der Waals surface area contributed by atoms with Crippen LogP contribution in [0.2, 0.25) is 0 Å². The zero-order chi connectivity index (χ0) is 30.8. The van der Waals surface area contributed by atoms with Crippen LogP contribution in [0.1, 0.15) is 59.8 Å². The number of carbonyl (C=O) groups is 2. The molecule has 2 rings (SSSR count). The molecule has 0 aromatic carbocycles. The van der Waals surface area contributed by atoms with Gasteiger partial charge in [0.05, 0.1) is 31.6 Å². The van der Waals surface area contributed by atoms with E-state index < -0.39 is 37.5 Å². The standard InChI is InChI=1S/C25H38N5O8PS2/c1-24(2,3)22(32)40-11-9-36-39(34,37-10-12-41-23(33)25(4,5)6)38-14-17(35-15-26)13-20(31)18-7-8-19-21(27)28-16-29-30(18)19/h7-8,16-17,20,31H,9-14H2,1-6H3,(H2,27,28,29)/t17-,20+/m0/s1. The first-order chi connectivity index (χ1) is 19.1. The summed E-state index contributed by atoms with van der Waals surface area (Å²) in [4.78, 5) is 28.3. The van der Waals surface area contributed by atoms with E-state index in [1.54, 1.807) is 59.9 Å². The summed E-state index contributed by atoms with van der Waals surface area (Å²) in [5, 5.41) is 24.0. The maximum Gasteiger partial charge on any atom is 0.474 e. The van der Waals surface area contributed by atoms with E-state index in [1.165, 1.54) is 10.8 Å². The normalized spacial score (nSPS) is 14.0. The first-order valence-electron chi connectivity index (χ1n) is 12.8. The predicted molar refractivity (Wildman–Crippen MR) is 157 cm³/mol. The number of phosphoric acid groups is 1. The molecular formula is C25H38N5O8PS2. The molecule has 0 spiro atoms. The van der Waals surface area contributed by atoms with E-state index in [0.717, 1.165) is 23.5 Å². The molecule has 0 saturated carbocycles. The summed E-state index contributed by atoms with van der Waals surface area (Å²) in [6.07, 6.45) is 0.488. The minimum Gasteiger partial charge on any atom is -0.422 e. The van der Waals surface area contributed by atoms with Crippen LogP contribution in [0.15, 0.2) is 18.5 Å². The van der Waals surface area contributed by atoms with Crippen molar-refractivity contribution in [2.24, 2.45) is 10.8 Å². The highest BCUT2D eigenvalue weighted by molar-refractivity contribution is 8.14. The summed E-state index contributed by atoms with van der Waals surface area (Å²) in [6.45, 7) is 10.1. The maximum atomic E-state index is 13.4. The van der Waals surface area contributed by atoms with Gasteiger partial charge >= 0.3 is 7.82 Å². The fourth-order valence-corrected chi connectivity index (χ4v) is 6.13. The van der Waals surface area contributed by atoms with Crippen LogP contribution < -0.4 is 5.73 Å². The Bertz CT molecular complexity index is 1230. The van der Waals surface area contributed by atoms with Gasteiger partial charge in [0, 0.05) is 28.8 Å². The van der Waals surface area contributed by atoms with E-state index in [1.807, 2.05) is 0 Å². The van der Waals surface area contributed by atoms with Gasteiger partial charge in [-0.25, -0.2) is 14.1 Å². The van der Waals surface area contributed by atoms with Gasteiger partial charge in [0.1, 0.15) is 17.9 Å². The van der Waals surface area contributed by atoms with Crippen LogP contribution in [0.3, 0.4) is 0 Å². The number of nitrogen functional groups attached to an aromatic ring is 1. The minimum atomic E-state index is -4.21. The highest BCUT2D eigenvalue weighted by atomic mass is 32.2. The van der Waals surface area contributed by atoms with Crippen molar-refractivity contribution >= 4 is 52.9 Å². The second kappa shape index (κ2) is 15.3. The fourth-order valence-electron chi connectivity index (χ4n) is 3.11. The third-order valence-corrected chi connectivity index (χ3v) is 9.29. The second-order valence-electron chi connectivity index (χ2n) is 11.0. The van der Waals surface area contributed by atoms with Crippen molar-refractivity contribution in [3.05, 3.63) is 24.2 Å². The third kappa shape index (κ3) is 11.2. The zero-order valence-electron chi connectivity index (χ0n) is 24.1. The summed E-state index contributed by atoms with van der Waals surface area (Å²) in [6, 6.07) is 3.25. The number of thioether (sulfide) groups is 2. The number of fused-ring (bicyclic) bond motifs is 1. The van der Waals surface area contributed by atoms with Crippen LogP contribution >= 0.6 is 31.3 Å². The smallest absolute Gasteiger partial charge is 0.422 e. The first-order valence-corrected chi connectivity index (χ1v) is 16.2. The molecule has 0 unspecified atom stereocenters. The van der Waals surface area contributed by atoms with Gasteiger partial charge in [0.25, 0.3) is 6.26 Å². The lowest BCUT2D eigenvalue weighted by atomic mass is 9.99. The number of rotatable bonds is 15. The van der Waals surface area contributed by atoms with Crippen molar-refractivity contribution < 1.29 is 37.6 Å². The van der Waals surface area contributed by atoms with Crippen molar-refractivity contribution in [2.45, 2.75) is 60.2 Å². The Morgan fingerprint density at radius 1 is 1.07 bits per heavy atom. The molecule has 0 saturated heterocycles. The lowest BCUT2D eigenvalue weighted by Crippen LogP contribution is -2.22. The molecule has 0 amide bonds. The van der Waals surface area contributed by atoms with Crippen LogP contribution in [0.5, 0.6) is 0 Å². The monoisotopic (exact) mass is 631 g/mol. The van der Waals surface area contributed by atoms with E-state index in [-0.39, 0.29) is 47.2 Å². The molecule has 2 aromatic heterocycles. The largest absolute Gasteiger partial charge is 0.474 e. The number of nitrogens with zero attached hydrogens (tertiary/aromatic N) is 4. The number of aliphatic hydroxyl groups is 1. The van der Waals surface area contributed by atoms with Crippen LogP contribution in [0.25, 0.3) is 5.52 Å². The van der Waals surface area contributed by atoms with Gasteiger partial charge in [-0.05, 0) is 12.1 Å². The SMILES string of the molecule is CC(C)(C)C(=O)SCCOP(=O)(OCCSC(=O)C(C)(C)C)OC[C@H](C[C@@H](O)c1ccc2c(N)ncnn12)OC#N. The number of aromatic nitrogens is 3. The molecule has 0 aliphatic carbocycles. The molecule has 16 heteroatoms. The molecule has 0 aliphatic rings. The average molecular weight is 632 g/mol. The Kier molecular flexibility index (Phi) is 13.1. The molecule has 2 aromatic rings. The number of ether oxygens (including phenoxy) is 1. The Hall–Kier alpha value is -2.18. The third-order valence-electron chi connectivity index (χ3n) is 5.33. The number of hydrogen-bond acceptors (Lipinski definition) is 14. The number of aliphatic hydroxyl groups excluding tert-OH is 1. The number of nitriles is 1. The lowest BCUT2D eigenvalue weighted by Gasteiger charge is -2.22. The number of nitrogens with two attached hydrogens (primary N) is 1. The quantitative estimate of drug-likeness (QED) is 0.160. The Labute approximate surface area is 248 Å². The van der Waals surface area contributed by atoms with Crippen LogP contribution in [0, 0.1) is 22.3 Å². The van der Waals surface area contributed by atoms with Crippen LogP contribution in [-0.2, 0) is 32.5 Å². The average Bonchev–Trinajstić information content (AvgIpc) is 3.32. The number of carbonyl (C=O) groups excluding carboxylic acids is 2. The van der Waals surface area contributed by atoms with Gasteiger partial charge in [0.15, 0.2) is 16.0 Å². The molecule has 0 radical (unpaired) electrons. The summed E-state index contributed by atoms with van der Waals surface area (Å²) in [7, 11) is -4.21. The van der Waals surface area contributed by atoms with E-state index >= 15 is 0 Å². The summed E-state index contributed by atoms with van der Waals surface area (Å²) in [5.74, 6) is 0.631. The molecule has 0 bridgehead atoms. The molecule has 228 valence electrons. The first kappa shape index (κ1) is 35.0. The van der Waals surface area contributed by atoms with Gasteiger partial charge in [-0.3, -0.25) is 23.2 Å². The zero-order valence-corrected chi connectivity index (χ0v) is 26.6. The van der Waals surface area contributed by atoms with Crippen molar-refractivity contribution in [2.75, 3.05) is 37.1 Å². The van der Waals surface area contributed by atoms with E-state index in [2.05, 4.69) is 10.1 Å². The topological polar surface area (TPSA) is 188 Å². The van der Waals surface area contributed by atoms with E-state index in [9.17, 15) is 19.3 Å². The molecule has 2 heterocycles. The molecule has 13 nitrogen and oxygen atoms in total. The van der Waals surface area contributed by atoms with Gasteiger partial charge in [0.2, 0.25) is 0 Å². The molecule has 2 atom stereocenters. The summed E-state index contributed by atoms with van der Waals surface area (Å²) >= 11 is 2.07. The predicted octanol–water partition coefficient (Wildman–Crippen LogP) is 4.37. The van der Waals surface area contributed by atoms with Crippen LogP contribution in [0.4, 0.5) is 5.82 Å². The van der Waals surface area contributed by atoms with Gasteiger partial charge in [-0.15, -0.1) is 0 Å². The molecular weight excluding hydrogens is 593 g/mol. The summed E-state index contributed by atoms with van der Waals surface area (Å²) < 4.78 is 36.3. The number of anilines is 1. The lowest BCUT2D eigenvalue weighted by molar-refractivity contribution is -0.118. The van der Waals surface area contributed by atoms with Crippen molar-refractivity contribution in [1.82, 2.24) is 14.6 Å². The second-order valence-corrected chi connectivity index (χ2v) is 14.8. The van der Waals surface area contributed by atoms with Crippen molar-refractivity contribution in [3.63, 3.8) is 0 Å². The number of phosphoric ester groups is 1. The fraction of sp³-hybridized carbons (Fsp3) is 0.640. The summed E-state index contributed by atoms with van der Waals surface area (Å²) in [5.41, 5.74) is 5.61. The van der Waals surface area contributed by atoms with E-state index in [0.29, 0.717) is 11.2 Å². The highest BCUT2D eigenvalue weighted by Crippen LogP contribution is 2.50. The van der Waals surface area contributed by atoms with Crippen molar-refractivity contribution in [3.8, 4) is 6.26 Å². The van der Waals surface area contributed by atoms with Crippen molar-refractivity contribution in [1.29, 1.82) is 5.26 Å². The maximum absolute atomic E-state index is 13.4. The van der Waals surface area contributed by atoms with E-state index in [4.69, 9.17) is 29.3 Å². The van der Waals surface area contributed by atoms with Crippen LogP contribution in [-0.4, -0.2) is 67.4 Å². The highest BCUT2D eigenvalue weighted by Gasteiger charge is 2.31. The van der Waals surface area contributed by atoms with Gasteiger partial charge in [-0.2, -0.15) is 10.4 Å². The molecule has 0 fully saturated rings. The minimum absolute atomic E-state index is 0.0590. The molecule has 0 aliphatic heterocycles. The Balaban J connectivity index is 2.06. The van der Waals surface area contributed by atoms with Gasteiger partial charge < -0.3 is 15.6 Å². The molecule has 41 heavy (non-hydrogen) atoms.